The fourth-order valence-corrected chi connectivity index (χ4v) is 1.68. The molecule has 98 valence electrons. The van der Waals surface area contributed by atoms with Crippen LogP contribution in [0.5, 0.6) is 5.75 Å². The van der Waals surface area contributed by atoms with Crippen molar-refractivity contribution in [2.24, 2.45) is 0 Å². The molecule has 0 aliphatic heterocycles. The molecule has 1 atom stereocenters. The Morgan fingerprint density at radius 1 is 1.39 bits per heavy atom. The molecule has 18 heavy (non-hydrogen) atoms. The SMILES string of the molecule is CCC[C@@H](NC(=O)c1ccc(O)cc1C)C(=O)O. The predicted octanol–water partition coefficient (Wildman–Crippen LogP) is 1.68. The fourth-order valence-electron chi connectivity index (χ4n) is 1.68. The Balaban J connectivity index is 2.83. The van der Waals surface area contributed by atoms with Crippen molar-refractivity contribution in [3.05, 3.63) is 29.3 Å². The number of carboxylic acids is 1. The highest BCUT2D eigenvalue weighted by Gasteiger charge is 2.20. The number of hydrogen-bond acceptors (Lipinski definition) is 3. The maximum atomic E-state index is 11.9. The number of phenolic OH excluding ortho intramolecular Hbond substituents is 1. The van der Waals surface area contributed by atoms with Crippen LogP contribution in [0.3, 0.4) is 0 Å². The first kappa shape index (κ1) is 14.0. The number of rotatable bonds is 5. The van der Waals surface area contributed by atoms with Gasteiger partial charge in [0, 0.05) is 5.56 Å². The van der Waals surface area contributed by atoms with E-state index < -0.39 is 17.9 Å². The van der Waals surface area contributed by atoms with E-state index in [0.29, 0.717) is 24.0 Å². The van der Waals surface area contributed by atoms with Crippen LogP contribution in [0.4, 0.5) is 0 Å². The Morgan fingerprint density at radius 2 is 2.06 bits per heavy atom. The van der Waals surface area contributed by atoms with E-state index in [1.54, 1.807) is 6.92 Å². The van der Waals surface area contributed by atoms with Gasteiger partial charge < -0.3 is 15.5 Å². The number of aryl methyl sites for hydroxylation is 1. The molecule has 1 amide bonds. The largest absolute Gasteiger partial charge is 0.508 e. The van der Waals surface area contributed by atoms with E-state index in [9.17, 15) is 14.7 Å². The van der Waals surface area contributed by atoms with E-state index in [1.165, 1.54) is 18.2 Å². The van der Waals surface area contributed by atoms with Crippen LogP contribution in [0, 0.1) is 6.92 Å². The number of phenols is 1. The molecule has 5 nitrogen and oxygen atoms in total. The van der Waals surface area contributed by atoms with E-state index in [-0.39, 0.29) is 5.75 Å². The van der Waals surface area contributed by atoms with Crippen LogP contribution in [0.15, 0.2) is 18.2 Å². The summed E-state index contributed by atoms with van der Waals surface area (Å²) in [4.78, 5) is 22.9. The molecule has 3 N–H and O–H groups in total. The minimum absolute atomic E-state index is 0.0763. The zero-order valence-corrected chi connectivity index (χ0v) is 10.4. The molecular formula is C13H17NO4. The maximum absolute atomic E-state index is 11.9. The Morgan fingerprint density at radius 3 is 2.56 bits per heavy atom. The second kappa shape index (κ2) is 6.05. The van der Waals surface area contributed by atoms with Crippen LogP contribution in [-0.4, -0.2) is 28.1 Å². The van der Waals surface area contributed by atoms with E-state index in [2.05, 4.69) is 5.32 Å². The molecule has 0 aliphatic rings. The van der Waals surface area contributed by atoms with Gasteiger partial charge in [-0.2, -0.15) is 0 Å². The molecule has 5 heteroatoms. The smallest absolute Gasteiger partial charge is 0.326 e. The quantitative estimate of drug-likeness (QED) is 0.743. The summed E-state index contributed by atoms with van der Waals surface area (Å²) in [6, 6.07) is 3.46. The monoisotopic (exact) mass is 251 g/mol. The highest BCUT2D eigenvalue weighted by molar-refractivity contribution is 5.97. The molecule has 0 saturated heterocycles. The van der Waals surface area contributed by atoms with Crippen LogP contribution in [0.1, 0.15) is 35.7 Å². The lowest BCUT2D eigenvalue weighted by Crippen LogP contribution is -2.40. The third-order valence-corrected chi connectivity index (χ3v) is 2.64. The number of hydrogen-bond donors (Lipinski definition) is 3. The highest BCUT2D eigenvalue weighted by Crippen LogP contribution is 2.15. The van der Waals surface area contributed by atoms with Crippen molar-refractivity contribution in [1.29, 1.82) is 0 Å². The summed E-state index contributed by atoms with van der Waals surface area (Å²) in [5, 5.41) is 20.7. The molecule has 0 heterocycles. The van der Waals surface area contributed by atoms with Crippen LogP contribution in [0.25, 0.3) is 0 Å². The molecule has 0 unspecified atom stereocenters. The second-order valence-electron chi connectivity index (χ2n) is 4.15. The molecular weight excluding hydrogens is 234 g/mol. The number of aromatic hydroxyl groups is 1. The van der Waals surface area contributed by atoms with Gasteiger partial charge in [-0.15, -0.1) is 0 Å². The van der Waals surface area contributed by atoms with Gasteiger partial charge in [0.15, 0.2) is 0 Å². The first-order valence-electron chi connectivity index (χ1n) is 5.79. The number of carbonyl (C=O) groups is 2. The van der Waals surface area contributed by atoms with Crippen molar-refractivity contribution >= 4 is 11.9 Å². The van der Waals surface area contributed by atoms with Gasteiger partial charge in [0.2, 0.25) is 0 Å². The van der Waals surface area contributed by atoms with E-state index in [0.717, 1.165) is 0 Å². The Bertz CT molecular complexity index is 456. The third-order valence-electron chi connectivity index (χ3n) is 2.64. The third kappa shape index (κ3) is 3.48. The van der Waals surface area contributed by atoms with Crippen LogP contribution < -0.4 is 5.32 Å². The minimum Gasteiger partial charge on any atom is -0.508 e. The molecule has 0 bridgehead atoms. The predicted molar refractivity (Wildman–Crippen MR) is 66.6 cm³/mol. The number of amides is 1. The number of nitrogens with one attached hydrogen (secondary N) is 1. The van der Waals surface area contributed by atoms with Gasteiger partial charge in [0.25, 0.3) is 5.91 Å². The summed E-state index contributed by atoms with van der Waals surface area (Å²) in [6.07, 6.45) is 1.06. The second-order valence-corrected chi connectivity index (χ2v) is 4.15. The average Bonchev–Trinajstić information content (AvgIpc) is 2.27. The Labute approximate surface area is 105 Å². The van der Waals surface area contributed by atoms with Crippen LogP contribution in [0.2, 0.25) is 0 Å². The van der Waals surface area contributed by atoms with Crippen molar-refractivity contribution in [3.8, 4) is 5.75 Å². The molecule has 0 aliphatic carbocycles. The van der Waals surface area contributed by atoms with Crippen molar-refractivity contribution < 1.29 is 19.8 Å². The van der Waals surface area contributed by atoms with Crippen molar-refractivity contribution in [2.75, 3.05) is 0 Å². The average molecular weight is 251 g/mol. The van der Waals surface area contributed by atoms with Gasteiger partial charge in [-0.3, -0.25) is 4.79 Å². The normalized spacial score (nSPS) is 11.9. The lowest BCUT2D eigenvalue weighted by atomic mass is 10.1. The summed E-state index contributed by atoms with van der Waals surface area (Å²) in [5.41, 5.74) is 0.975. The number of carbonyl (C=O) groups excluding carboxylic acids is 1. The summed E-state index contributed by atoms with van der Waals surface area (Å²) < 4.78 is 0. The van der Waals surface area contributed by atoms with Gasteiger partial charge in [-0.05, 0) is 37.1 Å². The standard InChI is InChI=1S/C13H17NO4/c1-3-4-11(13(17)18)14-12(16)10-6-5-9(15)7-8(10)2/h5-7,11,15H,3-4H2,1-2H3,(H,14,16)(H,17,18)/t11-/m1/s1. The highest BCUT2D eigenvalue weighted by atomic mass is 16.4. The molecule has 1 rings (SSSR count). The molecule has 0 aromatic heterocycles. The van der Waals surface area contributed by atoms with Gasteiger partial charge >= 0.3 is 5.97 Å². The first-order chi connectivity index (χ1) is 8.45. The van der Waals surface area contributed by atoms with Crippen molar-refractivity contribution in [1.82, 2.24) is 5.32 Å². The zero-order chi connectivity index (χ0) is 13.7. The maximum Gasteiger partial charge on any atom is 0.326 e. The van der Waals surface area contributed by atoms with Gasteiger partial charge in [0.05, 0.1) is 0 Å². The van der Waals surface area contributed by atoms with Crippen molar-refractivity contribution in [3.63, 3.8) is 0 Å². The molecule has 0 radical (unpaired) electrons. The molecule has 1 aromatic carbocycles. The lowest BCUT2D eigenvalue weighted by molar-refractivity contribution is -0.139. The zero-order valence-electron chi connectivity index (χ0n) is 10.4. The number of carboxylic acid groups (broad SMARTS) is 1. The topological polar surface area (TPSA) is 86.6 Å². The minimum atomic E-state index is -1.04. The number of aliphatic carboxylic acids is 1. The lowest BCUT2D eigenvalue weighted by Gasteiger charge is -2.14. The van der Waals surface area contributed by atoms with Crippen molar-refractivity contribution in [2.45, 2.75) is 32.7 Å². The van der Waals surface area contributed by atoms with Gasteiger partial charge in [0.1, 0.15) is 11.8 Å². The summed E-state index contributed by atoms with van der Waals surface area (Å²) >= 11 is 0. The fraction of sp³-hybridized carbons (Fsp3) is 0.385. The summed E-state index contributed by atoms with van der Waals surface area (Å²) in [6.45, 7) is 3.54. The molecule has 1 aromatic rings. The molecule has 0 saturated carbocycles. The van der Waals surface area contributed by atoms with Crippen LogP contribution >= 0.6 is 0 Å². The van der Waals surface area contributed by atoms with Gasteiger partial charge in [-0.25, -0.2) is 4.79 Å². The van der Waals surface area contributed by atoms with E-state index in [4.69, 9.17) is 5.11 Å². The Hall–Kier alpha value is -2.04. The van der Waals surface area contributed by atoms with Crippen LogP contribution in [-0.2, 0) is 4.79 Å². The van der Waals surface area contributed by atoms with E-state index >= 15 is 0 Å². The van der Waals surface area contributed by atoms with Gasteiger partial charge in [-0.1, -0.05) is 13.3 Å². The van der Waals surface area contributed by atoms with E-state index in [1.807, 2.05) is 6.92 Å². The summed E-state index contributed by atoms with van der Waals surface area (Å²) in [5.74, 6) is -1.40. The Kier molecular flexibility index (Phi) is 4.71. The summed E-state index contributed by atoms with van der Waals surface area (Å²) in [7, 11) is 0. The molecule has 0 fully saturated rings. The number of benzene rings is 1. The first-order valence-corrected chi connectivity index (χ1v) is 5.79. The molecule has 0 spiro atoms.